The van der Waals surface area contributed by atoms with Gasteiger partial charge in [-0.05, 0) is 50.2 Å². The number of hydrogen-bond donors (Lipinski definition) is 1. The lowest BCUT2D eigenvalue weighted by Gasteiger charge is -2.22. The van der Waals surface area contributed by atoms with E-state index in [4.69, 9.17) is 4.74 Å². The standard InChI is InChI=1S/C18H22N2O4S/c1-14(2)24-17-11-9-16(10-12-17)20(25(3,22)23)13-18(21)19-15-7-5-4-6-8-15/h4-12,14H,13H2,1-3H3,(H,19,21). The van der Waals surface area contributed by atoms with E-state index in [2.05, 4.69) is 5.32 Å². The minimum absolute atomic E-state index is 0.0218. The number of anilines is 2. The van der Waals surface area contributed by atoms with Crippen LogP contribution in [0.4, 0.5) is 11.4 Å². The Kier molecular flexibility index (Phi) is 6.03. The molecule has 7 heteroatoms. The Morgan fingerprint density at radius 3 is 2.20 bits per heavy atom. The lowest BCUT2D eigenvalue weighted by Crippen LogP contribution is -2.37. The molecule has 0 fully saturated rings. The van der Waals surface area contributed by atoms with Crippen LogP contribution in [0.2, 0.25) is 0 Å². The number of carbonyl (C=O) groups is 1. The first-order valence-electron chi connectivity index (χ1n) is 7.85. The number of rotatable bonds is 7. The average molecular weight is 362 g/mol. The van der Waals surface area contributed by atoms with E-state index in [0.717, 1.165) is 10.6 Å². The first-order valence-corrected chi connectivity index (χ1v) is 9.70. The molecule has 6 nitrogen and oxygen atoms in total. The quantitative estimate of drug-likeness (QED) is 0.822. The molecule has 25 heavy (non-hydrogen) atoms. The zero-order chi connectivity index (χ0) is 18.4. The van der Waals surface area contributed by atoms with Gasteiger partial charge in [0.15, 0.2) is 0 Å². The van der Waals surface area contributed by atoms with Gasteiger partial charge in [-0.25, -0.2) is 8.42 Å². The molecule has 1 N–H and O–H groups in total. The average Bonchev–Trinajstić information content (AvgIpc) is 2.53. The minimum atomic E-state index is -3.61. The smallest absolute Gasteiger partial charge is 0.245 e. The number of sulfonamides is 1. The molecular formula is C18H22N2O4S. The van der Waals surface area contributed by atoms with Crippen molar-refractivity contribution in [3.05, 3.63) is 54.6 Å². The third-order valence-electron chi connectivity index (χ3n) is 3.24. The molecular weight excluding hydrogens is 340 g/mol. The van der Waals surface area contributed by atoms with Gasteiger partial charge in [-0.1, -0.05) is 18.2 Å². The number of ether oxygens (including phenoxy) is 1. The fourth-order valence-corrected chi connectivity index (χ4v) is 3.07. The summed E-state index contributed by atoms with van der Waals surface area (Å²) in [5, 5.41) is 2.68. The van der Waals surface area contributed by atoms with E-state index < -0.39 is 15.9 Å². The number of carbonyl (C=O) groups excluding carboxylic acids is 1. The molecule has 1 amide bonds. The molecule has 0 bridgehead atoms. The number of para-hydroxylation sites is 1. The van der Waals surface area contributed by atoms with Crippen LogP contribution in [0.25, 0.3) is 0 Å². The summed E-state index contributed by atoms with van der Waals surface area (Å²) in [4.78, 5) is 12.2. The van der Waals surface area contributed by atoms with Crippen molar-refractivity contribution in [3.63, 3.8) is 0 Å². The molecule has 2 aromatic carbocycles. The van der Waals surface area contributed by atoms with Crippen LogP contribution in [0.1, 0.15) is 13.8 Å². The molecule has 0 saturated carbocycles. The Morgan fingerprint density at radius 2 is 1.68 bits per heavy atom. The van der Waals surface area contributed by atoms with E-state index in [9.17, 15) is 13.2 Å². The van der Waals surface area contributed by atoms with Crippen LogP contribution in [0.3, 0.4) is 0 Å². The predicted molar refractivity (Wildman–Crippen MR) is 99.5 cm³/mol. The van der Waals surface area contributed by atoms with Crippen LogP contribution in [0.15, 0.2) is 54.6 Å². The zero-order valence-corrected chi connectivity index (χ0v) is 15.3. The summed E-state index contributed by atoms with van der Waals surface area (Å²) in [7, 11) is -3.61. The Balaban J connectivity index is 2.15. The van der Waals surface area contributed by atoms with E-state index in [1.165, 1.54) is 0 Å². The second-order valence-corrected chi connectivity index (χ2v) is 7.75. The topological polar surface area (TPSA) is 75.7 Å². The van der Waals surface area contributed by atoms with Crippen molar-refractivity contribution in [2.24, 2.45) is 0 Å². The Morgan fingerprint density at radius 1 is 1.08 bits per heavy atom. The molecule has 0 saturated heterocycles. The summed E-state index contributed by atoms with van der Waals surface area (Å²) < 4.78 is 30.8. The van der Waals surface area contributed by atoms with Crippen LogP contribution in [-0.4, -0.2) is 33.2 Å². The van der Waals surface area contributed by atoms with Gasteiger partial charge in [0.1, 0.15) is 12.3 Å². The van der Waals surface area contributed by atoms with Crippen LogP contribution < -0.4 is 14.4 Å². The Labute approximate surface area is 148 Å². The highest BCUT2D eigenvalue weighted by Crippen LogP contribution is 2.22. The monoisotopic (exact) mass is 362 g/mol. The fraction of sp³-hybridized carbons (Fsp3) is 0.278. The number of nitrogens with one attached hydrogen (secondary N) is 1. The van der Waals surface area contributed by atoms with E-state index in [0.29, 0.717) is 17.1 Å². The van der Waals surface area contributed by atoms with Gasteiger partial charge in [0.25, 0.3) is 0 Å². The number of nitrogens with zero attached hydrogens (tertiary/aromatic N) is 1. The van der Waals surface area contributed by atoms with Crippen molar-refractivity contribution in [2.45, 2.75) is 20.0 Å². The summed E-state index contributed by atoms with van der Waals surface area (Å²) in [6.45, 7) is 3.51. The van der Waals surface area contributed by atoms with Crippen molar-refractivity contribution in [2.75, 3.05) is 22.4 Å². The molecule has 2 aromatic rings. The van der Waals surface area contributed by atoms with Gasteiger partial charge in [0, 0.05) is 5.69 Å². The SMILES string of the molecule is CC(C)Oc1ccc(N(CC(=O)Nc2ccccc2)S(C)(=O)=O)cc1. The van der Waals surface area contributed by atoms with Gasteiger partial charge >= 0.3 is 0 Å². The van der Waals surface area contributed by atoms with Gasteiger partial charge in [0.05, 0.1) is 18.0 Å². The summed E-state index contributed by atoms with van der Waals surface area (Å²) in [6.07, 6.45) is 1.09. The zero-order valence-electron chi connectivity index (χ0n) is 14.5. The molecule has 0 aliphatic carbocycles. The van der Waals surface area contributed by atoms with Crippen molar-refractivity contribution in [1.29, 1.82) is 0 Å². The summed E-state index contributed by atoms with van der Waals surface area (Å²) in [5.74, 6) is 0.222. The van der Waals surface area contributed by atoms with Crippen molar-refractivity contribution < 1.29 is 17.9 Å². The maximum absolute atomic E-state index is 12.2. The molecule has 0 unspecified atom stereocenters. The third-order valence-corrected chi connectivity index (χ3v) is 4.38. The summed E-state index contributed by atoms with van der Waals surface area (Å²) in [5.41, 5.74) is 1.02. The maximum atomic E-state index is 12.2. The lowest BCUT2D eigenvalue weighted by atomic mass is 10.3. The molecule has 0 aliphatic rings. The predicted octanol–water partition coefficient (Wildman–Crippen LogP) is 2.88. The highest BCUT2D eigenvalue weighted by molar-refractivity contribution is 7.92. The number of amides is 1. The first kappa shape index (κ1) is 18.8. The van der Waals surface area contributed by atoms with Crippen LogP contribution in [-0.2, 0) is 14.8 Å². The van der Waals surface area contributed by atoms with Gasteiger partial charge in [0.2, 0.25) is 15.9 Å². The van der Waals surface area contributed by atoms with Crippen LogP contribution >= 0.6 is 0 Å². The molecule has 0 aliphatic heterocycles. The first-order chi connectivity index (χ1) is 11.8. The second kappa shape index (κ2) is 8.02. The van der Waals surface area contributed by atoms with Crippen molar-refractivity contribution in [3.8, 4) is 5.75 Å². The molecule has 0 aromatic heterocycles. The maximum Gasteiger partial charge on any atom is 0.245 e. The van der Waals surface area contributed by atoms with Gasteiger partial charge < -0.3 is 10.1 Å². The molecule has 0 spiro atoms. The molecule has 134 valence electrons. The molecule has 2 rings (SSSR count). The fourth-order valence-electron chi connectivity index (χ4n) is 2.22. The highest BCUT2D eigenvalue weighted by Gasteiger charge is 2.21. The van der Waals surface area contributed by atoms with E-state index in [-0.39, 0.29) is 12.6 Å². The second-order valence-electron chi connectivity index (χ2n) is 5.84. The molecule has 0 atom stereocenters. The minimum Gasteiger partial charge on any atom is -0.491 e. The van der Waals surface area contributed by atoms with Gasteiger partial charge in [-0.2, -0.15) is 0 Å². The van der Waals surface area contributed by atoms with Crippen molar-refractivity contribution >= 4 is 27.3 Å². The third kappa shape index (κ3) is 5.79. The van der Waals surface area contributed by atoms with E-state index in [1.807, 2.05) is 19.9 Å². The van der Waals surface area contributed by atoms with Gasteiger partial charge in [-0.15, -0.1) is 0 Å². The molecule has 0 radical (unpaired) electrons. The number of benzene rings is 2. The van der Waals surface area contributed by atoms with Crippen molar-refractivity contribution in [1.82, 2.24) is 0 Å². The van der Waals surface area contributed by atoms with Crippen LogP contribution in [0.5, 0.6) is 5.75 Å². The number of hydrogen-bond acceptors (Lipinski definition) is 4. The Hall–Kier alpha value is -2.54. The molecule has 0 heterocycles. The normalized spacial score (nSPS) is 11.2. The highest BCUT2D eigenvalue weighted by atomic mass is 32.2. The summed E-state index contributed by atoms with van der Waals surface area (Å²) >= 11 is 0. The summed E-state index contributed by atoms with van der Waals surface area (Å²) in [6, 6.07) is 15.5. The Bertz CT molecular complexity index is 803. The largest absolute Gasteiger partial charge is 0.491 e. The van der Waals surface area contributed by atoms with E-state index >= 15 is 0 Å². The van der Waals surface area contributed by atoms with Crippen LogP contribution in [0, 0.1) is 0 Å². The van der Waals surface area contributed by atoms with E-state index in [1.54, 1.807) is 48.5 Å². The lowest BCUT2D eigenvalue weighted by molar-refractivity contribution is -0.114. The van der Waals surface area contributed by atoms with Gasteiger partial charge in [-0.3, -0.25) is 9.10 Å².